The van der Waals surface area contributed by atoms with Gasteiger partial charge in [0.05, 0.1) is 11.2 Å². The molecule has 4 heteroatoms. The normalized spacial score (nSPS) is 22.4. The second-order valence-electron chi connectivity index (χ2n) is 5.15. The van der Waals surface area contributed by atoms with Crippen molar-refractivity contribution in [2.24, 2.45) is 0 Å². The minimum Gasteiger partial charge on any atom is -0.399 e. The zero-order chi connectivity index (χ0) is 12.0. The summed E-state index contributed by atoms with van der Waals surface area (Å²) in [6, 6.07) is 7.87. The Morgan fingerprint density at radius 3 is 2.00 bits per heavy atom. The Morgan fingerprint density at radius 1 is 1.00 bits per heavy atom. The molecule has 0 N–H and O–H groups in total. The molecular weight excluding hydrogens is 219 g/mol. The van der Waals surface area contributed by atoms with Gasteiger partial charge in [0, 0.05) is 4.90 Å². The van der Waals surface area contributed by atoms with Crippen LogP contribution in [0, 0.1) is 0 Å². The average molecular weight is 236 g/mol. The van der Waals surface area contributed by atoms with E-state index in [1.807, 2.05) is 52.0 Å². The molecule has 1 aromatic carbocycles. The Kier molecular flexibility index (Phi) is 2.85. The second-order valence-corrected chi connectivity index (χ2v) is 5.63. The molecule has 0 bridgehead atoms. The molecule has 0 spiro atoms. The molecule has 1 aliphatic heterocycles. The molecule has 2 nitrogen and oxygen atoms in total. The van der Waals surface area contributed by atoms with Gasteiger partial charge in [-0.15, -0.1) is 12.6 Å². The summed E-state index contributed by atoms with van der Waals surface area (Å²) < 4.78 is 11.9. The monoisotopic (exact) mass is 236 g/mol. The minimum absolute atomic E-state index is 0.298. The fourth-order valence-electron chi connectivity index (χ4n) is 1.66. The molecule has 0 aliphatic carbocycles. The molecule has 1 fully saturated rings. The predicted molar refractivity (Wildman–Crippen MR) is 69.4 cm³/mol. The first-order valence-corrected chi connectivity index (χ1v) is 5.92. The minimum atomic E-state index is -0.321. The Bertz CT molecular complexity index is 388. The molecular formula is C12H17BO2S. The predicted octanol–water partition coefficient (Wildman–Crippen LogP) is 2.27. The lowest BCUT2D eigenvalue weighted by molar-refractivity contribution is 0.00578. The molecule has 1 aromatic rings. The van der Waals surface area contributed by atoms with E-state index in [9.17, 15) is 0 Å². The summed E-state index contributed by atoms with van der Waals surface area (Å²) in [6.07, 6.45) is 0. The largest absolute Gasteiger partial charge is 0.495 e. The van der Waals surface area contributed by atoms with Crippen molar-refractivity contribution in [3.05, 3.63) is 24.3 Å². The van der Waals surface area contributed by atoms with Gasteiger partial charge >= 0.3 is 7.12 Å². The highest BCUT2D eigenvalue weighted by Gasteiger charge is 2.52. The summed E-state index contributed by atoms with van der Waals surface area (Å²) in [5.41, 5.74) is 0.394. The van der Waals surface area contributed by atoms with Gasteiger partial charge in [0.1, 0.15) is 0 Å². The molecule has 1 heterocycles. The fourth-order valence-corrected chi connectivity index (χ4v) is 1.92. The van der Waals surface area contributed by atoms with E-state index in [-0.39, 0.29) is 18.3 Å². The van der Waals surface area contributed by atoms with Gasteiger partial charge in [0.2, 0.25) is 0 Å². The quantitative estimate of drug-likeness (QED) is 0.595. The Balaban J connectivity index is 2.31. The summed E-state index contributed by atoms with van der Waals surface area (Å²) in [6.45, 7) is 8.20. The van der Waals surface area contributed by atoms with E-state index in [4.69, 9.17) is 9.31 Å². The van der Waals surface area contributed by atoms with Crippen LogP contribution in [-0.4, -0.2) is 18.3 Å². The first kappa shape index (κ1) is 12.0. The fraction of sp³-hybridized carbons (Fsp3) is 0.500. The van der Waals surface area contributed by atoms with Crippen molar-refractivity contribution < 1.29 is 9.31 Å². The number of hydrogen-bond donors (Lipinski definition) is 1. The lowest BCUT2D eigenvalue weighted by Crippen LogP contribution is -2.41. The van der Waals surface area contributed by atoms with Gasteiger partial charge in [0.25, 0.3) is 0 Å². The molecule has 0 aromatic heterocycles. The maximum Gasteiger partial charge on any atom is 0.495 e. The van der Waals surface area contributed by atoms with Crippen LogP contribution < -0.4 is 5.46 Å². The molecule has 16 heavy (non-hydrogen) atoms. The van der Waals surface area contributed by atoms with Crippen LogP contribution in [0.3, 0.4) is 0 Å². The van der Waals surface area contributed by atoms with Crippen LogP contribution in [-0.2, 0) is 9.31 Å². The molecule has 86 valence electrons. The third kappa shape index (κ3) is 1.90. The van der Waals surface area contributed by atoms with Crippen molar-refractivity contribution in [3.63, 3.8) is 0 Å². The van der Waals surface area contributed by atoms with Gasteiger partial charge in [-0.1, -0.05) is 18.2 Å². The molecule has 0 radical (unpaired) electrons. The van der Waals surface area contributed by atoms with E-state index in [1.165, 1.54) is 0 Å². The molecule has 0 unspecified atom stereocenters. The number of hydrogen-bond acceptors (Lipinski definition) is 3. The van der Waals surface area contributed by atoms with Gasteiger partial charge < -0.3 is 9.31 Å². The van der Waals surface area contributed by atoms with Crippen molar-refractivity contribution in [1.82, 2.24) is 0 Å². The average Bonchev–Trinajstić information content (AvgIpc) is 2.36. The molecule has 1 aliphatic rings. The standard InChI is InChI=1S/C12H17BO2S/c1-11(2)12(3,4)15-13(14-11)9-7-5-6-8-10(9)16/h5-8,16H,1-4H3. The van der Waals surface area contributed by atoms with Crippen molar-refractivity contribution in [2.45, 2.75) is 43.8 Å². The second kappa shape index (κ2) is 3.79. The van der Waals surface area contributed by atoms with E-state index in [0.717, 1.165) is 10.4 Å². The highest BCUT2D eigenvalue weighted by molar-refractivity contribution is 7.80. The van der Waals surface area contributed by atoms with Gasteiger partial charge in [0.15, 0.2) is 0 Å². The van der Waals surface area contributed by atoms with Crippen molar-refractivity contribution in [3.8, 4) is 0 Å². The smallest absolute Gasteiger partial charge is 0.399 e. The number of thiol groups is 1. The van der Waals surface area contributed by atoms with Crippen LogP contribution >= 0.6 is 12.6 Å². The van der Waals surface area contributed by atoms with Gasteiger partial charge in [-0.2, -0.15) is 0 Å². The van der Waals surface area contributed by atoms with E-state index in [2.05, 4.69) is 12.6 Å². The van der Waals surface area contributed by atoms with Crippen LogP contribution in [0.5, 0.6) is 0 Å². The number of rotatable bonds is 1. The maximum absolute atomic E-state index is 5.96. The Labute approximate surface area is 103 Å². The van der Waals surface area contributed by atoms with Crippen molar-refractivity contribution in [2.75, 3.05) is 0 Å². The van der Waals surface area contributed by atoms with Gasteiger partial charge in [-0.25, -0.2) is 0 Å². The van der Waals surface area contributed by atoms with Crippen LogP contribution in [0.2, 0.25) is 0 Å². The molecule has 0 atom stereocenters. The highest BCUT2D eigenvalue weighted by Crippen LogP contribution is 2.36. The first-order chi connectivity index (χ1) is 7.33. The molecule has 1 saturated heterocycles. The maximum atomic E-state index is 5.96. The Hall–Kier alpha value is -0.445. The third-order valence-corrected chi connectivity index (χ3v) is 3.85. The van der Waals surface area contributed by atoms with Gasteiger partial charge in [-0.3, -0.25) is 0 Å². The lowest BCUT2D eigenvalue weighted by atomic mass is 9.79. The SMILES string of the molecule is CC1(C)OB(c2ccccc2S)OC1(C)C. The summed E-state index contributed by atoms with van der Waals surface area (Å²) in [5, 5.41) is 0. The zero-order valence-electron chi connectivity index (χ0n) is 10.2. The van der Waals surface area contributed by atoms with Crippen LogP contribution in [0.1, 0.15) is 27.7 Å². The van der Waals surface area contributed by atoms with Crippen molar-refractivity contribution in [1.29, 1.82) is 0 Å². The molecule has 0 saturated carbocycles. The summed E-state index contributed by atoms with van der Waals surface area (Å²) in [5.74, 6) is 0. The summed E-state index contributed by atoms with van der Waals surface area (Å²) in [7, 11) is -0.321. The lowest BCUT2D eigenvalue weighted by Gasteiger charge is -2.32. The van der Waals surface area contributed by atoms with Gasteiger partial charge in [-0.05, 0) is 39.2 Å². The summed E-state index contributed by atoms with van der Waals surface area (Å²) >= 11 is 4.43. The van der Waals surface area contributed by atoms with E-state index in [1.54, 1.807) is 0 Å². The van der Waals surface area contributed by atoms with Crippen LogP contribution in [0.15, 0.2) is 29.2 Å². The van der Waals surface area contributed by atoms with Crippen LogP contribution in [0.25, 0.3) is 0 Å². The third-order valence-electron chi connectivity index (χ3n) is 3.44. The molecule has 0 amide bonds. The molecule has 2 rings (SSSR count). The highest BCUT2D eigenvalue weighted by atomic mass is 32.1. The van der Waals surface area contributed by atoms with Crippen molar-refractivity contribution >= 4 is 25.2 Å². The van der Waals surface area contributed by atoms with E-state index >= 15 is 0 Å². The number of benzene rings is 1. The first-order valence-electron chi connectivity index (χ1n) is 5.47. The van der Waals surface area contributed by atoms with Crippen LogP contribution in [0.4, 0.5) is 0 Å². The zero-order valence-corrected chi connectivity index (χ0v) is 11.0. The Morgan fingerprint density at radius 2 is 1.50 bits per heavy atom. The topological polar surface area (TPSA) is 18.5 Å². The van der Waals surface area contributed by atoms with E-state index < -0.39 is 0 Å². The van der Waals surface area contributed by atoms with E-state index in [0.29, 0.717) is 0 Å². The summed E-state index contributed by atoms with van der Waals surface area (Å²) in [4.78, 5) is 0.904.